The lowest BCUT2D eigenvalue weighted by Crippen LogP contribution is -2.12. The lowest BCUT2D eigenvalue weighted by atomic mass is 10.2. The SMILES string of the molecule is CCCCCOc1c(Cl)cc(C(=O)Nc2nnc(CC)s2)cc1Cl. The molecule has 0 unspecified atom stereocenters. The first-order valence-electron chi connectivity index (χ1n) is 7.80. The summed E-state index contributed by atoms with van der Waals surface area (Å²) in [7, 11) is 0. The minimum Gasteiger partial charge on any atom is -0.490 e. The Balaban J connectivity index is 2.06. The molecule has 1 N–H and O–H groups in total. The predicted octanol–water partition coefficient (Wildman–Crippen LogP) is 5.23. The highest BCUT2D eigenvalue weighted by Gasteiger charge is 2.15. The van der Waals surface area contributed by atoms with E-state index in [1.807, 2.05) is 6.92 Å². The number of rotatable bonds is 8. The summed E-state index contributed by atoms with van der Waals surface area (Å²) in [5, 5.41) is 12.5. The highest BCUT2D eigenvalue weighted by atomic mass is 35.5. The van der Waals surface area contributed by atoms with Crippen LogP contribution in [0.15, 0.2) is 12.1 Å². The van der Waals surface area contributed by atoms with Gasteiger partial charge >= 0.3 is 0 Å². The summed E-state index contributed by atoms with van der Waals surface area (Å²) >= 11 is 13.8. The number of unbranched alkanes of at least 4 members (excludes halogenated alkanes) is 2. The van der Waals surface area contributed by atoms with Gasteiger partial charge in [0.15, 0.2) is 5.75 Å². The van der Waals surface area contributed by atoms with Crippen LogP contribution in [0.25, 0.3) is 0 Å². The van der Waals surface area contributed by atoms with Crippen LogP contribution in [0.5, 0.6) is 5.75 Å². The van der Waals surface area contributed by atoms with Crippen LogP contribution < -0.4 is 10.1 Å². The highest BCUT2D eigenvalue weighted by Crippen LogP contribution is 2.34. The van der Waals surface area contributed by atoms with Crippen molar-refractivity contribution < 1.29 is 9.53 Å². The lowest BCUT2D eigenvalue weighted by Gasteiger charge is -2.11. The maximum absolute atomic E-state index is 12.3. The van der Waals surface area contributed by atoms with Gasteiger partial charge in [-0.1, -0.05) is 61.2 Å². The van der Waals surface area contributed by atoms with E-state index in [9.17, 15) is 4.79 Å². The average molecular weight is 388 g/mol. The molecular weight excluding hydrogens is 369 g/mol. The molecule has 0 aliphatic carbocycles. The van der Waals surface area contributed by atoms with Crippen molar-refractivity contribution in [3.05, 3.63) is 32.7 Å². The van der Waals surface area contributed by atoms with Crippen LogP contribution in [0, 0.1) is 0 Å². The van der Waals surface area contributed by atoms with E-state index in [0.717, 1.165) is 30.7 Å². The number of nitrogens with one attached hydrogen (secondary N) is 1. The second kappa shape index (κ2) is 9.20. The monoisotopic (exact) mass is 387 g/mol. The molecule has 24 heavy (non-hydrogen) atoms. The summed E-state index contributed by atoms with van der Waals surface area (Å²) < 4.78 is 5.62. The maximum atomic E-state index is 12.3. The Morgan fingerprint density at radius 2 is 1.92 bits per heavy atom. The Morgan fingerprint density at radius 3 is 2.50 bits per heavy atom. The van der Waals surface area contributed by atoms with E-state index in [1.165, 1.54) is 11.3 Å². The van der Waals surface area contributed by atoms with Gasteiger partial charge in [0, 0.05) is 5.56 Å². The third-order valence-electron chi connectivity index (χ3n) is 3.24. The predicted molar refractivity (Wildman–Crippen MR) is 98.7 cm³/mol. The number of aromatic nitrogens is 2. The molecule has 5 nitrogen and oxygen atoms in total. The van der Waals surface area contributed by atoms with E-state index in [0.29, 0.717) is 33.1 Å². The van der Waals surface area contributed by atoms with Gasteiger partial charge in [-0.3, -0.25) is 10.1 Å². The lowest BCUT2D eigenvalue weighted by molar-refractivity contribution is 0.102. The number of amides is 1. The molecule has 1 aromatic heterocycles. The molecule has 0 spiro atoms. The van der Waals surface area contributed by atoms with Gasteiger partial charge in [-0.25, -0.2) is 0 Å². The second-order valence-corrected chi connectivity index (χ2v) is 7.01. The van der Waals surface area contributed by atoms with Gasteiger partial charge in [0.25, 0.3) is 5.91 Å². The zero-order valence-corrected chi connectivity index (χ0v) is 15.9. The number of hydrogen-bond acceptors (Lipinski definition) is 5. The van der Waals surface area contributed by atoms with Crippen molar-refractivity contribution >= 4 is 45.6 Å². The zero-order chi connectivity index (χ0) is 17.5. The molecule has 0 saturated carbocycles. The molecule has 8 heteroatoms. The quantitative estimate of drug-likeness (QED) is 0.629. The number of anilines is 1. The van der Waals surface area contributed by atoms with Crippen molar-refractivity contribution in [3.63, 3.8) is 0 Å². The molecule has 1 amide bonds. The van der Waals surface area contributed by atoms with Crippen LogP contribution >= 0.6 is 34.5 Å². The van der Waals surface area contributed by atoms with Gasteiger partial charge in [0.2, 0.25) is 5.13 Å². The Bertz CT molecular complexity index is 683. The van der Waals surface area contributed by atoms with Gasteiger partial charge in [0.05, 0.1) is 16.7 Å². The molecule has 0 atom stereocenters. The average Bonchev–Trinajstić information content (AvgIpc) is 3.01. The smallest absolute Gasteiger partial charge is 0.257 e. The number of carbonyl (C=O) groups is 1. The number of benzene rings is 1. The summed E-state index contributed by atoms with van der Waals surface area (Å²) in [4.78, 5) is 12.3. The number of carbonyl (C=O) groups excluding carboxylic acids is 1. The fourth-order valence-electron chi connectivity index (χ4n) is 1.97. The van der Waals surface area contributed by atoms with E-state index < -0.39 is 0 Å². The molecule has 0 radical (unpaired) electrons. The second-order valence-electron chi connectivity index (χ2n) is 5.13. The first kappa shape index (κ1) is 19.0. The molecule has 1 heterocycles. The van der Waals surface area contributed by atoms with Gasteiger partial charge in [0.1, 0.15) is 5.01 Å². The van der Waals surface area contributed by atoms with Crippen LogP contribution in [0.1, 0.15) is 48.5 Å². The molecule has 130 valence electrons. The third-order valence-corrected chi connectivity index (χ3v) is 4.79. The fraction of sp³-hybridized carbons (Fsp3) is 0.438. The molecule has 1 aromatic carbocycles. The first-order chi connectivity index (χ1) is 11.5. The zero-order valence-electron chi connectivity index (χ0n) is 13.6. The third kappa shape index (κ3) is 5.06. The van der Waals surface area contributed by atoms with Gasteiger partial charge in [-0.05, 0) is 25.0 Å². The number of nitrogens with zero attached hydrogens (tertiary/aromatic N) is 2. The van der Waals surface area contributed by atoms with Gasteiger partial charge in [-0.2, -0.15) is 0 Å². The molecule has 0 saturated heterocycles. The number of halogens is 2. The van der Waals surface area contributed by atoms with Crippen LogP contribution in [-0.4, -0.2) is 22.7 Å². The Labute approximate surface area is 155 Å². The molecule has 0 fully saturated rings. The normalized spacial score (nSPS) is 10.7. The minimum atomic E-state index is -0.338. The fourth-order valence-corrected chi connectivity index (χ4v) is 3.24. The van der Waals surface area contributed by atoms with Gasteiger partial charge < -0.3 is 4.74 Å². The molecule has 2 rings (SSSR count). The summed E-state index contributed by atoms with van der Waals surface area (Å²) in [5.74, 6) is 0.0744. The van der Waals surface area contributed by atoms with E-state index in [4.69, 9.17) is 27.9 Å². The first-order valence-corrected chi connectivity index (χ1v) is 9.38. The number of ether oxygens (including phenoxy) is 1. The minimum absolute atomic E-state index is 0.315. The maximum Gasteiger partial charge on any atom is 0.257 e. The summed E-state index contributed by atoms with van der Waals surface area (Å²) in [5.41, 5.74) is 0.346. The van der Waals surface area contributed by atoms with E-state index in [1.54, 1.807) is 12.1 Å². The van der Waals surface area contributed by atoms with E-state index >= 15 is 0 Å². The van der Waals surface area contributed by atoms with Crippen LogP contribution in [0.3, 0.4) is 0 Å². The van der Waals surface area contributed by atoms with Gasteiger partial charge in [-0.15, -0.1) is 10.2 Å². The van der Waals surface area contributed by atoms with Crippen LogP contribution in [-0.2, 0) is 6.42 Å². The molecule has 0 bridgehead atoms. The standard InChI is InChI=1S/C16H19Cl2N3O2S/c1-3-5-6-7-23-14-11(17)8-10(9-12(14)18)15(22)19-16-21-20-13(4-2)24-16/h8-9H,3-7H2,1-2H3,(H,19,21,22). The highest BCUT2D eigenvalue weighted by molar-refractivity contribution is 7.15. The molecule has 2 aromatic rings. The van der Waals surface area contributed by atoms with Crippen LogP contribution in [0.4, 0.5) is 5.13 Å². The van der Waals surface area contributed by atoms with Crippen molar-refractivity contribution in [2.75, 3.05) is 11.9 Å². The topological polar surface area (TPSA) is 64.1 Å². The van der Waals surface area contributed by atoms with Crippen molar-refractivity contribution in [2.45, 2.75) is 39.5 Å². The molecule has 0 aliphatic rings. The summed E-state index contributed by atoms with van der Waals surface area (Å²) in [6.45, 7) is 4.64. The van der Waals surface area contributed by atoms with Crippen molar-refractivity contribution in [2.24, 2.45) is 0 Å². The van der Waals surface area contributed by atoms with E-state index in [-0.39, 0.29) is 5.91 Å². The van der Waals surface area contributed by atoms with Crippen molar-refractivity contribution in [1.29, 1.82) is 0 Å². The number of hydrogen-bond donors (Lipinski definition) is 1. The Hall–Kier alpha value is -1.37. The van der Waals surface area contributed by atoms with Crippen molar-refractivity contribution in [1.82, 2.24) is 10.2 Å². The van der Waals surface area contributed by atoms with Crippen molar-refractivity contribution in [3.8, 4) is 5.75 Å². The summed E-state index contributed by atoms with van der Waals surface area (Å²) in [6, 6.07) is 3.08. The van der Waals surface area contributed by atoms with E-state index in [2.05, 4.69) is 22.4 Å². The van der Waals surface area contributed by atoms with Crippen LogP contribution in [0.2, 0.25) is 10.0 Å². The summed E-state index contributed by atoms with van der Waals surface area (Å²) in [6.07, 6.45) is 3.89. The number of aryl methyl sites for hydroxylation is 1. The molecule has 0 aliphatic heterocycles. The Morgan fingerprint density at radius 1 is 1.21 bits per heavy atom. The largest absolute Gasteiger partial charge is 0.490 e. The molecular formula is C16H19Cl2N3O2S. The Kier molecular flexibility index (Phi) is 7.27.